The number of fused-ring (bicyclic) bond motifs is 1. The number of benzene rings is 2. The molecular weight excluding hydrogens is 430 g/mol. The number of rotatable bonds is 11. The Kier molecular flexibility index (Phi) is 7.75. The Hall–Kier alpha value is -3.76. The lowest BCUT2D eigenvalue weighted by Gasteiger charge is -2.37. The number of nitro benzene ring substituents is 2. The van der Waals surface area contributed by atoms with Crippen LogP contribution in [0.2, 0.25) is 0 Å². The molecule has 2 aromatic carbocycles. The van der Waals surface area contributed by atoms with Gasteiger partial charge in [0.2, 0.25) is 0 Å². The fourth-order valence-corrected chi connectivity index (χ4v) is 3.78. The highest BCUT2D eigenvalue weighted by Gasteiger charge is 2.35. The molecule has 33 heavy (non-hydrogen) atoms. The zero-order valence-corrected chi connectivity index (χ0v) is 18.4. The molecule has 0 radical (unpaired) electrons. The fraction of sp³-hybridized carbons (Fsp3) is 0.304. The number of nitro groups is 2. The Morgan fingerprint density at radius 2 is 1.94 bits per heavy atom. The van der Waals surface area contributed by atoms with Crippen molar-refractivity contribution in [2.75, 3.05) is 25.2 Å². The molecule has 2 aromatic rings. The summed E-state index contributed by atoms with van der Waals surface area (Å²) < 4.78 is 17.0. The maximum absolute atomic E-state index is 11.9. The maximum atomic E-state index is 11.9. The van der Waals surface area contributed by atoms with Gasteiger partial charge in [-0.3, -0.25) is 20.2 Å². The van der Waals surface area contributed by atoms with E-state index in [2.05, 4.69) is 6.58 Å². The molecule has 0 saturated heterocycles. The molecular formula is C23H25N3O7. The van der Waals surface area contributed by atoms with Gasteiger partial charge in [-0.1, -0.05) is 36.9 Å². The Morgan fingerprint density at radius 1 is 1.18 bits per heavy atom. The van der Waals surface area contributed by atoms with Crippen molar-refractivity contribution in [3.63, 3.8) is 0 Å². The molecule has 2 atom stereocenters. The number of ether oxygens (including phenoxy) is 3. The van der Waals surface area contributed by atoms with Crippen molar-refractivity contribution < 1.29 is 24.1 Å². The lowest BCUT2D eigenvalue weighted by Crippen LogP contribution is -2.33. The van der Waals surface area contributed by atoms with Gasteiger partial charge in [-0.2, -0.15) is 0 Å². The third-order valence-electron chi connectivity index (χ3n) is 5.21. The van der Waals surface area contributed by atoms with Gasteiger partial charge in [0, 0.05) is 38.0 Å². The van der Waals surface area contributed by atoms with Gasteiger partial charge in [0.1, 0.15) is 18.1 Å². The van der Waals surface area contributed by atoms with Gasteiger partial charge in [0.15, 0.2) is 6.29 Å². The third kappa shape index (κ3) is 5.18. The number of methoxy groups -OCH3 is 1. The Labute approximate surface area is 191 Å². The molecule has 0 amide bonds. The zero-order chi connectivity index (χ0) is 24.0. The minimum Gasteiger partial charge on any atom is -0.487 e. The van der Waals surface area contributed by atoms with E-state index in [1.54, 1.807) is 17.2 Å². The molecule has 0 bridgehead atoms. The van der Waals surface area contributed by atoms with Crippen molar-refractivity contribution >= 4 is 22.8 Å². The largest absolute Gasteiger partial charge is 0.487 e. The molecule has 1 heterocycles. The summed E-state index contributed by atoms with van der Waals surface area (Å²) in [7, 11) is 1.53. The predicted molar refractivity (Wildman–Crippen MR) is 123 cm³/mol. The van der Waals surface area contributed by atoms with Crippen LogP contribution in [0.15, 0.2) is 61.3 Å². The highest BCUT2D eigenvalue weighted by Crippen LogP contribution is 2.44. The number of hydrogen-bond donors (Lipinski definition) is 0. The molecule has 174 valence electrons. The highest BCUT2D eigenvalue weighted by atomic mass is 16.7. The number of hydrogen-bond acceptors (Lipinski definition) is 8. The molecule has 0 spiro atoms. The van der Waals surface area contributed by atoms with Gasteiger partial charge in [-0.05, 0) is 18.6 Å². The van der Waals surface area contributed by atoms with Gasteiger partial charge in [0.05, 0.1) is 22.0 Å². The predicted octanol–water partition coefficient (Wildman–Crippen LogP) is 4.96. The van der Waals surface area contributed by atoms with Crippen LogP contribution >= 0.6 is 0 Å². The van der Waals surface area contributed by atoms with Crippen molar-refractivity contribution in [2.24, 2.45) is 0 Å². The van der Waals surface area contributed by atoms with E-state index in [0.29, 0.717) is 18.8 Å². The van der Waals surface area contributed by atoms with E-state index in [4.69, 9.17) is 14.2 Å². The monoisotopic (exact) mass is 455 g/mol. The van der Waals surface area contributed by atoms with Crippen LogP contribution < -0.4 is 4.90 Å². The second kappa shape index (κ2) is 10.7. The number of anilines is 1. The summed E-state index contributed by atoms with van der Waals surface area (Å²) in [5, 5.41) is 23.1. The van der Waals surface area contributed by atoms with Gasteiger partial charge < -0.3 is 19.1 Å². The quantitative estimate of drug-likeness (QED) is 0.202. The molecule has 10 heteroatoms. The van der Waals surface area contributed by atoms with Crippen molar-refractivity contribution in [2.45, 2.75) is 25.7 Å². The maximum Gasteiger partial charge on any atom is 0.299 e. The second-order valence-corrected chi connectivity index (χ2v) is 7.15. The number of nitrogens with zero attached hydrogens (tertiary/aromatic N) is 3. The SMILES string of the molecule is C=CCOC1=CN(c2ccc([N+](=O)[O-])cc2[N+](=O)[O-])C(CC(OC)OCC)c2ccccc21. The van der Waals surface area contributed by atoms with Crippen LogP contribution in [0.1, 0.15) is 30.5 Å². The Bertz CT molecular complexity index is 1070. The molecule has 0 fully saturated rings. The lowest BCUT2D eigenvalue weighted by atomic mass is 9.91. The molecule has 10 nitrogen and oxygen atoms in total. The first-order chi connectivity index (χ1) is 15.9. The van der Waals surface area contributed by atoms with E-state index in [-0.39, 0.29) is 18.0 Å². The molecule has 1 aliphatic heterocycles. The summed E-state index contributed by atoms with van der Waals surface area (Å²) in [6, 6.07) is 10.7. The third-order valence-corrected chi connectivity index (χ3v) is 5.21. The second-order valence-electron chi connectivity index (χ2n) is 7.15. The van der Waals surface area contributed by atoms with E-state index in [0.717, 1.165) is 17.2 Å². The zero-order valence-electron chi connectivity index (χ0n) is 18.4. The Balaban J connectivity index is 2.19. The summed E-state index contributed by atoms with van der Waals surface area (Å²) in [6.07, 6.45) is 3.05. The van der Waals surface area contributed by atoms with Crippen molar-refractivity contribution in [1.29, 1.82) is 0 Å². The van der Waals surface area contributed by atoms with Crippen LogP contribution in [0, 0.1) is 20.2 Å². The van der Waals surface area contributed by atoms with E-state index in [1.807, 2.05) is 31.2 Å². The minimum atomic E-state index is -0.662. The van der Waals surface area contributed by atoms with Crippen molar-refractivity contribution in [3.05, 3.63) is 92.7 Å². The molecule has 0 saturated carbocycles. The van der Waals surface area contributed by atoms with Crippen LogP contribution in [0.25, 0.3) is 5.76 Å². The normalized spacial score (nSPS) is 15.9. The van der Waals surface area contributed by atoms with Crippen LogP contribution in [0.3, 0.4) is 0 Å². The highest BCUT2D eigenvalue weighted by molar-refractivity contribution is 5.76. The van der Waals surface area contributed by atoms with Gasteiger partial charge in [-0.15, -0.1) is 0 Å². The van der Waals surface area contributed by atoms with E-state index >= 15 is 0 Å². The van der Waals surface area contributed by atoms with Crippen LogP contribution in [-0.2, 0) is 14.2 Å². The standard InChI is InChI=1S/C23H25N3O7/c1-4-12-33-22-15-24(19-11-10-16(25(27)28)13-21(19)26(29)30)20(14-23(31-3)32-5-2)17-8-6-7-9-18(17)22/h4,6-11,13,15,20,23H,1,5,12,14H2,2-3H3. The molecule has 2 unspecified atom stereocenters. The summed E-state index contributed by atoms with van der Waals surface area (Å²) in [6.45, 7) is 6.19. The first kappa shape index (κ1) is 23.9. The minimum absolute atomic E-state index is 0.191. The van der Waals surface area contributed by atoms with E-state index in [9.17, 15) is 20.2 Å². The molecule has 0 aromatic heterocycles. The Morgan fingerprint density at radius 3 is 2.58 bits per heavy atom. The van der Waals surface area contributed by atoms with E-state index in [1.165, 1.54) is 19.2 Å². The van der Waals surface area contributed by atoms with Crippen molar-refractivity contribution in [1.82, 2.24) is 0 Å². The summed E-state index contributed by atoms with van der Waals surface area (Å²) in [5.41, 5.74) is 1.12. The average molecular weight is 455 g/mol. The smallest absolute Gasteiger partial charge is 0.299 e. The van der Waals surface area contributed by atoms with Crippen LogP contribution in [-0.4, -0.2) is 36.5 Å². The topological polar surface area (TPSA) is 117 Å². The van der Waals surface area contributed by atoms with Gasteiger partial charge >= 0.3 is 0 Å². The molecule has 0 N–H and O–H groups in total. The first-order valence-electron chi connectivity index (χ1n) is 10.3. The summed E-state index contributed by atoms with van der Waals surface area (Å²) in [4.78, 5) is 23.5. The first-order valence-corrected chi connectivity index (χ1v) is 10.3. The average Bonchev–Trinajstić information content (AvgIpc) is 2.82. The van der Waals surface area contributed by atoms with Crippen molar-refractivity contribution in [3.8, 4) is 0 Å². The van der Waals surface area contributed by atoms with Gasteiger partial charge in [0.25, 0.3) is 11.4 Å². The molecule has 3 rings (SSSR count). The fourth-order valence-electron chi connectivity index (χ4n) is 3.78. The molecule has 0 aliphatic carbocycles. The lowest BCUT2D eigenvalue weighted by molar-refractivity contribution is -0.393. The summed E-state index contributed by atoms with van der Waals surface area (Å²) >= 11 is 0. The summed E-state index contributed by atoms with van der Waals surface area (Å²) in [5.74, 6) is 0.500. The van der Waals surface area contributed by atoms with Gasteiger partial charge in [-0.25, -0.2) is 0 Å². The van der Waals surface area contributed by atoms with Crippen LogP contribution in [0.4, 0.5) is 17.1 Å². The van der Waals surface area contributed by atoms with E-state index < -0.39 is 27.9 Å². The van der Waals surface area contributed by atoms with Crippen LogP contribution in [0.5, 0.6) is 0 Å². The molecule has 1 aliphatic rings. The number of non-ortho nitro benzene ring substituents is 1.